The summed E-state index contributed by atoms with van der Waals surface area (Å²) in [6.45, 7) is 3.41. The molecule has 1 aliphatic rings. The number of rotatable bonds is 2. The highest BCUT2D eigenvalue weighted by molar-refractivity contribution is 8.00. The van der Waals surface area contributed by atoms with Crippen molar-refractivity contribution >= 4 is 17.6 Å². The Morgan fingerprint density at radius 2 is 2.38 bits per heavy atom. The first-order valence-corrected chi connectivity index (χ1v) is 5.84. The molecule has 0 bridgehead atoms. The molecule has 2 heteroatoms. The van der Waals surface area contributed by atoms with Crippen molar-refractivity contribution in [3.63, 3.8) is 0 Å². The Labute approximate surface area is 84.3 Å². The molecule has 1 fully saturated rings. The van der Waals surface area contributed by atoms with E-state index in [1.807, 2.05) is 11.9 Å². The van der Waals surface area contributed by atoms with Crippen molar-refractivity contribution in [1.82, 2.24) is 0 Å². The summed E-state index contributed by atoms with van der Waals surface area (Å²) in [5.41, 5.74) is 2.81. The zero-order valence-corrected chi connectivity index (χ0v) is 8.81. The van der Waals surface area contributed by atoms with Gasteiger partial charge in [0.2, 0.25) is 0 Å². The highest BCUT2D eigenvalue weighted by atomic mass is 32.2. The Morgan fingerprint density at radius 3 is 3.08 bits per heavy atom. The third-order valence-electron chi connectivity index (χ3n) is 2.36. The molecule has 0 N–H and O–H groups in total. The first-order valence-electron chi connectivity index (χ1n) is 4.89. The van der Waals surface area contributed by atoms with Gasteiger partial charge >= 0.3 is 0 Å². The summed E-state index contributed by atoms with van der Waals surface area (Å²) in [7, 11) is 0. The van der Waals surface area contributed by atoms with E-state index in [0.717, 1.165) is 6.42 Å². The second-order valence-electron chi connectivity index (χ2n) is 3.31. The van der Waals surface area contributed by atoms with Gasteiger partial charge in [-0.1, -0.05) is 19.1 Å². The van der Waals surface area contributed by atoms with Crippen molar-refractivity contribution in [1.29, 1.82) is 0 Å². The third kappa shape index (κ3) is 1.99. The lowest BCUT2D eigenvalue weighted by molar-refractivity contribution is 0.987. The predicted octanol–water partition coefficient (Wildman–Crippen LogP) is 3.11. The fourth-order valence-corrected chi connectivity index (χ4v) is 2.58. The van der Waals surface area contributed by atoms with E-state index in [9.17, 15) is 0 Å². The summed E-state index contributed by atoms with van der Waals surface area (Å²) >= 11 is 1.95. The fourth-order valence-electron chi connectivity index (χ4n) is 1.58. The van der Waals surface area contributed by atoms with Crippen LogP contribution in [0.1, 0.15) is 18.9 Å². The summed E-state index contributed by atoms with van der Waals surface area (Å²) in [5.74, 6) is 1.27. The Kier molecular flexibility index (Phi) is 2.79. The van der Waals surface area contributed by atoms with E-state index in [4.69, 9.17) is 0 Å². The first kappa shape index (κ1) is 8.95. The Bertz CT molecular complexity index is 279. The minimum absolute atomic E-state index is 1.13. The average Bonchev–Trinajstić information content (AvgIpc) is 2.71. The zero-order chi connectivity index (χ0) is 9.10. The molecule has 1 aliphatic heterocycles. The lowest BCUT2D eigenvalue weighted by Gasteiger charge is -2.16. The molecule has 13 heavy (non-hydrogen) atoms. The lowest BCUT2D eigenvalue weighted by Crippen LogP contribution is -2.08. The zero-order valence-electron chi connectivity index (χ0n) is 7.99. The van der Waals surface area contributed by atoms with Crippen LogP contribution in [0.25, 0.3) is 0 Å². The Morgan fingerprint density at radius 1 is 1.46 bits per heavy atom. The second kappa shape index (κ2) is 4.05. The molecule has 0 unspecified atom stereocenters. The van der Waals surface area contributed by atoms with Gasteiger partial charge in [-0.25, -0.2) is 0 Å². The van der Waals surface area contributed by atoms with Crippen molar-refractivity contribution in [3.05, 3.63) is 29.8 Å². The summed E-state index contributed by atoms with van der Waals surface area (Å²) in [5, 5.41) is 0. The van der Waals surface area contributed by atoms with Crippen molar-refractivity contribution in [2.24, 2.45) is 0 Å². The standard InChI is InChI=1S/C11H15NS/c1-2-10-5-3-6-11(9-10)12-7-4-8-13-12/h3,5-6,9H,2,4,7-8H2,1H3. The molecule has 0 aromatic heterocycles. The van der Waals surface area contributed by atoms with Crippen molar-refractivity contribution in [3.8, 4) is 0 Å². The predicted molar refractivity (Wildman–Crippen MR) is 60.2 cm³/mol. The van der Waals surface area contributed by atoms with Crippen LogP contribution in [0.4, 0.5) is 5.69 Å². The van der Waals surface area contributed by atoms with Crippen LogP contribution in [0.3, 0.4) is 0 Å². The maximum atomic E-state index is 2.40. The van der Waals surface area contributed by atoms with E-state index in [0.29, 0.717) is 0 Å². The minimum Gasteiger partial charge on any atom is -0.316 e. The van der Waals surface area contributed by atoms with Crippen molar-refractivity contribution < 1.29 is 0 Å². The molecule has 0 atom stereocenters. The van der Waals surface area contributed by atoms with Crippen LogP contribution in [0.15, 0.2) is 24.3 Å². The molecule has 1 saturated heterocycles. The maximum Gasteiger partial charge on any atom is 0.0472 e. The number of hydrogen-bond donors (Lipinski definition) is 0. The van der Waals surface area contributed by atoms with E-state index >= 15 is 0 Å². The Hall–Kier alpha value is -0.630. The topological polar surface area (TPSA) is 3.24 Å². The summed E-state index contributed by atoms with van der Waals surface area (Å²) in [6, 6.07) is 8.87. The molecule has 1 aromatic carbocycles. The number of aryl methyl sites for hydroxylation is 1. The van der Waals surface area contributed by atoms with Gasteiger partial charge < -0.3 is 4.31 Å². The van der Waals surface area contributed by atoms with Gasteiger partial charge in [0.25, 0.3) is 0 Å². The SMILES string of the molecule is CCc1cccc(N2CCCS2)c1. The van der Waals surface area contributed by atoms with Crippen molar-refractivity contribution in [2.45, 2.75) is 19.8 Å². The number of benzene rings is 1. The smallest absolute Gasteiger partial charge is 0.0472 e. The molecule has 70 valence electrons. The van der Waals surface area contributed by atoms with E-state index in [2.05, 4.69) is 35.5 Å². The molecule has 1 aromatic rings. The highest BCUT2D eigenvalue weighted by Crippen LogP contribution is 2.28. The summed E-state index contributed by atoms with van der Waals surface area (Å²) in [4.78, 5) is 0. The van der Waals surface area contributed by atoms with Crippen LogP contribution in [-0.4, -0.2) is 12.3 Å². The molecule has 0 amide bonds. The molecule has 0 saturated carbocycles. The van der Waals surface area contributed by atoms with E-state index < -0.39 is 0 Å². The molecular weight excluding hydrogens is 178 g/mol. The third-order valence-corrected chi connectivity index (χ3v) is 3.54. The molecule has 0 spiro atoms. The number of nitrogens with zero attached hydrogens (tertiary/aromatic N) is 1. The van der Waals surface area contributed by atoms with Gasteiger partial charge in [0.05, 0.1) is 0 Å². The van der Waals surface area contributed by atoms with Crippen LogP contribution in [0.2, 0.25) is 0 Å². The largest absolute Gasteiger partial charge is 0.316 e. The number of anilines is 1. The second-order valence-corrected chi connectivity index (χ2v) is 4.42. The average molecular weight is 193 g/mol. The fraction of sp³-hybridized carbons (Fsp3) is 0.455. The van der Waals surface area contributed by atoms with E-state index in [1.165, 1.54) is 30.0 Å². The molecule has 1 nitrogen and oxygen atoms in total. The van der Waals surface area contributed by atoms with Crippen LogP contribution in [0.5, 0.6) is 0 Å². The molecule has 0 aliphatic carbocycles. The monoisotopic (exact) mass is 193 g/mol. The molecule has 1 heterocycles. The van der Waals surface area contributed by atoms with Gasteiger partial charge in [0.15, 0.2) is 0 Å². The van der Waals surface area contributed by atoms with Crippen molar-refractivity contribution in [2.75, 3.05) is 16.6 Å². The van der Waals surface area contributed by atoms with Crippen LogP contribution in [0, 0.1) is 0 Å². The van der Waals surface area contributed by atoms with Gasteiger partial charge in [0, 0.05) is 18.0 Å². The summed E-state index contributed by atoms with van der Waals surface area (Å²) < 4.78 is 2.40. The minimum atomic E-state index is 1.13. The van der Waals surface area contributed by atoms with Gasteiger partial charge in [0.1, 0.15) is 0 Å². The first-order chi connectivity index (χ1) is 6.40. The van der Waals surface area contributed by atoms with E-state index in [-0.39, 0.29) is 0 Å². The maximum absolute atomic E-state index is 2.40. The van der Waals surface area contributed by atoms with Crippen LogP contribution < -0.4 is 4.31 Å². The lowest BCUT2D eigenvalue weighted by atomic mass is 10.1. The van der Waals surface area contributed by atoms with E-state index in [1.54, 1.807) is 0 Å². The summed E-state index contributed by atoms with van der Waals surface area (Å²) in [6.07, 6.45) is 2.45. The highest BCUT2D eigenvalue weighted by Gasteiger charge is 2.12. The normalized spacial score (nSPS) is 16.5. The van der Waals surface area contributed by atoms with Gasteiger partial charge in [-0.3, -0.25) is 0 Å². The van der Waals surface area contributed by atoms with Crippen LogP contribution >= 0.6 is 11.9 Å². The molecule has 2 rings (SSSR count). The quantitative estimate of drug-likeness (QED) is 0.664. The molecule has 0 radical (unpaired) electrons. The Balaban J connectivity index is 2.18. The number of hydrogen-bond acceptors (Lipinski definition) is 2. The van der Waals surface area contributed by atoms with Crippen LogP contribution in [-0.2, 0) is 6.42 Å². The molecular formula is C11H15NS. The van der Waals surface area contributed by atoms with Gasteiger partial charge in [-0.15, -0.1) is 0 Å². The van der Waals surface area contributed by atoms with Gasteiger partial charge in [-0.2, -0.15) is 0 Å². The van der Waals surface area contributed by atoms with Gasteiger partial charge in [-0.05, 0) is 42.5 Å².